The summed E-state index contributed by atoms with van der Waals surface area (Å²) in [5.74, 6) is 0. The molecule has 0 aliphatic carbocycles. The van der Waals surface area contributed by atoms with Crippen LogP contribution in [0.15, 0.2) is 65.5 Å². The van der Waals surface area contributed by atoms with Crippen LogP contribution >= 0.6 is 0 Å². The van der Waals surface area contributed by atoms with Gasteiger partial charge < -0.3 is 0 Å². The van der Waals surface area contributed by atoms with E-state index < -0.39 is 0 Å². The van der Waals surface area contributed by atoms with E-state index in [2.05, 4.69) is 44.2 Å². The fourth-order valence-corrected chi connectivity index (χ4v) is 3.71. The van der Waals surface area contributed by atoms with Crippen molar-refractivity contribution in [3.05, 3.63) is 87.7 Å². The van der Waals surface area contributed by atoms with Crippen molar-refractivity contribution in [2.24, 2.45) is 0 Å². The molecule has 0 N–H and O–H groups in total. The fraction of sp³-hybridized carbons (Fsp3) is 0.136. The molecule has 0 aliphatic rings. The number of benzene rings is 2. The number of hydrogen-bond donors (Lipinski definition) is 0. The van der Waals surface area contributed by atoms with Crippen LogP contribution in [-0.2, 0) is 0 Å². The number of aryl methyl sites for hydroxylation is 3. The molecule has 2 heteroatoms. The zero-order chi connectivity index (χ0) is 16.8. The third-order valence-corrected chi connectivity index (χ3v) is 4.78. The van der Waals surface area contributed by atoms with Gasteiger partial charge in [0.1, 0.15) is 0 Å². The van der Waals surface area contributed by atoms with Crippen molar-refractivity contribution in [1.29, 1.82) is 0 Å². The van der Waals surface area contributed by atoms with E-state index in [0.29, 0.717) is 0 Å². The van der Waals surface area contributed by atoms with Crippen LogP contribution in [0.2, 0.25) is 0 Å². The Bertz CT molecular complexity index is 1140. The average Bonchev–Trinajstić information content (AvgIpc) is 2.60. The Morgan fingerprint density at radius 3 is 2.08 bits per heavy atom. The lowest BCUT2D eigenvalue weighted by molar-refractivity contribution is 1.06. The van der Waals surface area contributed by atoms with Crippen LogP contribution in [0.25, 0.3) is 27.5 Å². The Balaban J connectivity index is 2.38. The van der Waals surface area contributed by atoms with Gasteiger partial charge in [-0.25, -0.2) is 0 Å². The molecule has 0 amide bonds. The predicted octanol–water partition coefficient (Wildman–Crippen LogP) is 5.04. The molecule has 4 aromatic rings. The van der Waals surface area contributed by atoms with Gasteiger partial charge in [-0.15, -0.1) is 0 Å². The number of aromatic nitrogens is 1. The van der Waals surface area contributed by atoms with Gasteiger partial charge in [-0.3, -0.25) is 9.20 Å². The molecule has 24 heavy (non-hydrogen) atoms. The number of fused-ring (bicyclic) bond motifs is 3. The van der Waals surface area contributed by atoms with Gasteiger partial charge in [0.05, 0.1) is 11.2 Å². The summed E-state index contributed by atoms with van der Waals surface area (Å²) in [5.41, 5.74) is 6.15. The van der Waals surface area contributed by atoms with Crippen molar-refractivity contribution in [2.75, 3.05) is 0 Å². The topological polar surface area (TPSA) is 21.5 Å². The number of hydrogen-bond acceptors (Lipinski definition) is 1. The molecule has 0 saturated heterocycles. The van der Waals surface area contributed by atoms with Gasteiger partial charge in [0.25, 0.3) is 5.56 Å². The molecule has 118 valence electrons. The summed E-state index contributed by atoms with van der Waals surface area (Å²) < 4.78 is 1.90. The minimum absolute atomic E-state index is 0.0586. The van der Waals surface area contributed by atoms with E-state index in [0.717, 1.165) is 38.9 Å². The molecule has 0 atom stereocenters. The Morgan fingerprint density at radius 2 is 1.38 bits per heavy atom. The zero-order valence-electron chi connectivity index (χ0n) is 14.1. The molecule has 0 spiro atoms. The van der Waals surface area contributed by atoms with Crippen molar-refractivity contribution in [3.8, 4) is 11.3 Å². The molecule has 2 nitrogen and oxygen atoms in total. The highest BCUT2D eigenvalue weighted by Gasteiger charge is 2.16. The van der Waals surface area contributed by atoms with E-state index in [1.807, 2.05) is 41.7 Å². The second-order valence-corrected chi connectivity index (χ2v) is 6.38. The Hall–Kier alpha value is -2.87. The molecule has 0 aliphatic heterocycles. The van der Waals surface area contributed by atoms with Gasteiger partial charge in [-0.1, -0.05) is 54.6 Å². The van der Waals surface area contributed by atoms with Crippen LogP contribution in [0.5, 0.6) is 0 Å². The standard InChI is InChI=1S/C22H19NO/c1-14-13-15(2)22(24)23-20(14)19-12-8-7-11-18(19)16(3)21(23)17-9-5-4-6-10-17/h4-13H,1-3H3. The Kier molecular flexibility index (Phi) is 3.27. The van der Waals surface area contributed by atoms with Crippen LogP contribution in [-0.4, -0.2) is 4.40 Å². The Labute approximate surface area is 141 Å². The molecule has 0 radical (unpaired) electrons. The first-order chi connectivity index (χ1) is 11.6. The van der Waals surface area contributed by atoms with Crippen molar-refractivity contribution < 1.29 is 0 Å². The summed E-state index contributed by atoms with van der Waals surface area (Å²) in [4.78, 5) is 13.0. The number of pyridine rings is 2. The van der Waals surface area contributed by atoms with Gasteiger partial charge in [0.2, 0.25) is 0 Å². The van der Waals surface area contributed by atoms with Gasteiger partial charge in [0, 0.05) is 10.9 Å². The third-order valence-electron chi connectivity index (χ3n) is 4.78. The summed E-state index contributed by atoms with van der Waals surface area (Å²) in [6.07, 6.45) is 0. The highest BCUT2D eigenvalue weighted by Crippen LogP contribution is 2.33. The molecular formula is C22H19NO. The van der Waals surface area contributed by atoms with E-state index in [1.54, 1.807) is 0 Å². The van der Waals surface area contributed by atoms with Gasteiger partial charge in [0.15, 0.2) is 0 Å². The second kappa shape index (κ2) is 5.34. The van der Waals surface area contributed by atoms with E-state index >= 15 is 0 Å². The molecule has 4 rings (SSSR count). The lowest BCUT2D eigenvalue weighted by Crippen LogP contribution is -2.20. The van der Waals surface area contributed by atoms with Crippen LogP contribution in [0.3, 0.4) is 0 Å². The first-order valence-electron chi connectivity index (χ1n) is 8.19. The summed E-state index contributed by atoms with van der Waals surface area (Å²) in [7, 11) is 0. The minimum atomic E-state index is 0.0586. The minimum Gasteiger partial charge on any atom is -0.275 e. The van der Waals surface area contributed by atoms with Gasteiger partial charge in [-0.05, 0) is 48.9 Å². The maximum Gasteiger partial charge on any atom is 0.258 e. The van der Waals surface area contributed by atoms with E-state index in [9.17, 15) is 4.79 Å². The molecule has 2 heterocycles. The first kappa shape index (κ1) is 14.7. The normalized spacial score (nSPS) is 11.3. The molecule has 0 unspecified atom stereocenters. The Morgan fingerprint density at radius 1 is 0.750 bits per heavy atom. The monoisotopic (exact) mass is 313 g/mol. The zero-order valence-corrected chi connectivity index (χ0v) is 14.1. The lowest BCUT2D eigenvalue weighted by Gasteiger charge is -2.18. The van der Waals surface area contributed by atoms with E-state index in [-0.39, 0.29) is 5.56 Å². The highest BCUT2D eigenvalue weighted by atomic mass is 16.1. The van der Waals surface area contributed by atoms with Crippen molar-refractivity contribution in [3.63, 3.8) is 0 Å². The molecule has 2 aromatic heterocycles. The van der Waals surface area contributed by atoms with Crippen molar-refractivity contribution >= 4 is 16.3 Å². The largest absolute Gasteiger partial charge is 0.275 e. The van der Waals surface area contributed by atoms with Gasteiger partial charge >= 0.3 is 0 Å². The maximum atomic E-state index is 13.0. The van der Waals surface area contributed by atoms with Crippen LogP contribution in [0.4, 0.5) is 0 Å². The second-order valence-electron chi connectivity index (χ2n) is 6.38. The van der Waals surface area contributed by atoms with E-state index in [4.69, 9.17) is 0 Å². The molecule has 0 saturated carbocycles. The highest BCUT2D eigenvalue weighted by molar-refractivity contribution is 6.02. The third kappa shape index (κ3) is 2.00. The van der Waals surface area contributed by atoms with Crippen molar-refractivity contribution in [1.82, 2.24) is 4.40 Å². The van der Waals surface area contributed by atoms with E-state index in [1.165, 1.54) is 5.39 Å². The molecule has 0 fully saturated rings. The van der Waals surface area contributed by atoms with Crippen LogP contribution in [0, 0.1) is 20.8 Å². The lowest BCUT2D eigenvalue weighted by atomic mass is 9.97. The molecule has 0 bridgehead atoms. The van der Waals surface area contributed by atoms with Gasteiger partial charge in [-0.2, -0.15) is 0 Å². The summed E-state index contributed by atoms with van der Waals surface area (Å²) in [6.45, 7) is 6.08. The average molecular weight is 313 g/mol. The smallest absolute Gasteiger partial charge is 0.258 e. The fourth-order valence-electron chi connectivity index (χ4n) is 3.71. The summed E-state index contributed by atoms with van der Waals surface area (Å²) >= 11 is 0. The number of nitrogens with zero attached hydrogens (tertiary/aromatic N) is 1. The molecule has 2 aromatic carbocycles. The van der Waals surface area contributed by atoms with Crippen LogP contribution < -0.4 is 5.56 Å². The van der Waals surface area contributed by atoms with Crippen LogP contribution in [0.1, 0.15) is 16.7 Å². The predicted molar refractivity (Wildman–Crippen MR) is 101 cm³/mol. The first-order valence-corrected chi connectivity index (χ1v) is 8.19. The SMILES string of the molecule is Cc1cc(C)c2c3ccccc3c(C)c(-c3ccccc3)n2c1=O. The molecular weight excluding hydrogens is 294 g/mol. The quantitative estimate of drug-likeness (QED) is 0.451. The van der Waals surface area contributed by atoms with Crippen molar-refractivity contribution in [2.45, 2.75) is 20.8 Å². The summed E-state index contributed by atoms with van der Waals surface area (Å²) in [6, 6.07) is 20.5. The number of rotatable bonds is 1. The summed E-state index contributed by atoms with van der Waals surface area (Å²) in [5, 5.41) is 2.33. The maximum absolute atomic E-state index is 13.0.